The highest BCUT2D eigenvalue weighted by Crippen LogP contribution is 2.30. The minimum atomic E-state index is -0.456. The third kappa shape index (κ3) is 3.38. The summed E-state index contributed by atoms with van der Waals surface area (Å²) in [6, 6.07) is 9.19. The molecule has 2 aromatic carbocycles. The number of nitrogens with one attached hydrogen (secondary N) is 1. The fourth-order valence-electron chi connectivity index (χ4n) is 1.79. The van der Waals surface area contributed by atoms with Gasteiger partial charge in [0.2, 0.25) is 0 Å². The van der Waals surface area contributed by atoms with Crippen LogP contribution < -0.4 is 14.8 Å². The molecule has 0 aromatic heterocycles. The molecular formula is C15H14ClNO4. The molecule has 6 heteroatoms. The van der Waals surface area contributed by atoms with Crippen molar-refractivity contribution in [2.45, 2.75) is 0 Å². The number of anilines is 1. The lowest BCUT2D eigenvalue weighted by Crippen LogP contribution is -2.13. The van der Waals surface area contributed by atoms with Crippen LogP contribution in [0.2, 0.25) is 5.02 Å². The summed E-state index contributed by atoms with van der Waals surface area (Å²) in [5, 5.41) is 12.4. The van der Waals surface area contributed by atoms with Crippen LogP contribution in [0, 0.1) is 0 Å². The zero-order valence-corrected chi connectivity index (χ0v) is 12.3. The number of carbonyl (C=O) groups is 1. The van der Waals surface area contributed by atoms with Crippen molar-refractivity contribution in [3.05, 3.63) is 47.0 Å². The van der Waals surface area contributed by atoms with Gasteiger partial charge in [-0.3, -0.25) is 4.79 Å². The number of aromatic hydroxyl groups is 1. The van der Waals surface area contributed by atoms with Crippen molar-refractivity contribution in [2.75, 3.05) is 19.5 Å². The van der Waals surface area contributed by atoms with Gasteiger partial charge in [-0.05, 0) is 30.3 Å². The molecule has 0 aliphatic carbocycles. The molecule has 110 valence electrons. The van der Waals surface area contributed by atoms with Crippen LogP contribution in [-0.2, 0) is 0 Å². The molecule has 0 unspecified atom stereocenters. The first-order valence-corrected chi connectivity index (χ1v) is 6.45. The predicted octanol–water partition coefficient (Wildman–Crippen LogP) is 3.32. The van der Waals surface area contributed by atoms with Crippen molar-refractivity contribution in [2.24, 2.45) is 0 Å². The highest BCUT2D eigenvalue weighted by atomic mass is 35.5. The molecule has 0 spiro atoms. The SMILES string of the molecule is COc1ccc(OC)c(NC(=O)c2cc(O)ccc2Cl)c1. The van der Waals surface area contributed by atoms with Crippen molar-refractivity contribution < 1.29 is 19.4 Å². The number of benzene rings is 2. The first-order chi connectivity index (χ1) is 10.0. The van der Waals surface area contributed by atoms with Crippen LogP contribution >= 0.6 is 11.6 Å². The summed E-state index contributed by atoms with van der Waals surface area (Å²) in [4.78, 5) is 12.3. The van der Waals surface area contributed by atoms with Gasteiger partial charge in [-0.2, -0.15) is 0 Å². The summed E-state index contributed by atoms with van der Waals surface area (Å²) in [6.07, 6.45) is 0. The van der Waals surface area contributed by atoms with E-state index in [0.29, 0.717) is 17.2 Å². The van der Waals surface area contributed by atoms with Crippen LogP contribution in [-0.4, -0.2) is 25.2 Å². The van der Waals surface area contributed by atoms with Gasteiger partial charge in [-0.25, -0.2) is 0 Å². The normalized spacial score (nSPS) is 10.0. The number of rotatable bonds is 4. The molecule has 0 heterocycles. The van der Waals surface area contributed by atoms with Crippen LogP contribution in [0.3, 0.4) is 0 Å². The van der Waals surface area contributed by atoms with Gasteiger partial charge >= 0.3 is 0 Å². The summed E-state index contributed by atoms with van der Waals surface area (Å²) >= 11 is 5.96. The van der Waals surface area contributed by atoms with E-state index >= 15 is 0 Å². The quantitative estimate of drug-likeness (QED) is 0.909. The number of carbonyl (C=O) groups excluding carboxylic acids is 1. The van der Waals surface area contributed by atoms with Crippen molar-refractivity contribution in [1.29, 1.82) is 0 Å². The van der Waals surface area contributed by atoms with Crippen LogP contribution in [0.4, 0.5) is 5.69 Å². The molecule has 0 fully saturated rings. The molecule has 0 radical (unpaired) electrons. The van der Waals surface area contributed by atoms with E-state index in [0.717, 1.165) is 0 Å². The van der Waals surface area contributed by atoms with Gasteiger partial charge in [0.05, 0.1) is 30.5 Å². The number of methoxy groups -OCH3 is 2. The summed E-state index contributed by atoms with van der Waals surface area (Å²) in [7, 11) is 3.03. The average Bonchev–Trinajstić information content (AvgIpc) is 2.49. The lowest BCUT2D eigenvalue weighted by Gasteiger charge is -2.12. The zero-order chi connectivity index (χ0) is 15.4. The van der Waals surface area contributed by atoms with Gasteiger partial charge in [0, 0.05) is 6.07 Å². The van der Waals surface area contributed by atoms with Gasteiger partial charge in [-0.1, -0.05) is 11.6 Å². The van der Waals surface area contributed by atoms with E-state index < -0.39 is 5.91 Å². The molecule has 1 amide bonds. The van der Waals surface area contributed by atoms with Crippen molar-refractivity contribution in [3.8, 4) is 17.2 Å². The second kappa shape index (κ2) is 6.37. The maximum absolute atomic E-state index is 12.3. The fourth-order valence-corrected chi connectivity index (χ4v) is 1.99. The Morgan fingerprint density at radius 2 is 1.90 bits per heavy atom. The molecule has 5 nitrogen and oxygen atoms in total. The number of hydrogen-bond donors (Lipinski definition) is 2. The second-order valence-electron chi connectivity index (χ2n) is 4.18. The first kappa shape index (κ1) is 15.0. The minimum Gasteiger partial charge on any atom is -0.508 e. The Morgan fingerprint density at radius 1 is 1.14 bits per heavy atom. The standard InChI is InChI=1S/C15H14ClNO4/c1-20-10-4-6-14(21-2)13(8-10)17-15(19)11-7-9(18)3-5-12(11)16/h3-8,18H,1-2H3,(H,17,19). The number of hydrogen-bond acceptors (Lipinski definition) is 4. The van der Waals surface area contributed by atoms with Gasteiger partial charge in [-0.15, -0.1) is 0 Å². The molecule has 21 heavy (non-hydrogen) atoms. The molecule has 0 atom stereocenters. The Kier molecular flexibility index (Phi) is 4.55. The monoisotopic (exact) mass is 307 g/mol. The zero-order valence-electron chi connectivity index (χ0n) is 11.5. The largest absolute Gasteiger partial charge is 0.508 e. The Balaban J connectivity index is 2.32. The minimum absolute atomic E-state index is 0.0397. The van der Waals surface area contributed by atoms with E-state index in [9.17, 15) is 9.90 Å². The molecule has 2 N–H and O–H groups in total. The number of phenolic OH excluding ortho intramolecular Hbond substituents is 1. The number of ether oxygens (including phenoxy) is 2. The van der Waals surface area contributed by atoms with E-state index in [2.05, 4.69) is 5.32 Å². The Labute approximate surface area is 127 Å². The summed E-state index contributed by atoms with van der Waals surface area (Å²) in [5.74, 6) is 0.568. The average molecular weight is 308 g/mol. The maximum atomic E-state index is 12.3. The van der Waals surface area contributed by atoms with E-state index in [1.54, 1.807) is 18.2 Å². The molecule has 2 rings (SSSR count). The number of halogens is 1. The molecular weight excluding hydrogens is 294 g/mol. The lowest BCUT2D eigenvalue weighted by atomic mass is 10.2. The van der Waals surface area contributed by atoms with E-state index in [4.69, 9.17) is 21.1 Å². The van der Waals surface area contributed by atoms with Crippen LogP contribution in [0.5, 0.6) is 17.2 Å². The van der Waals surface area contributed by atoms with Gasteiger partial charge in [0.15, 0.2) is 0 Å². The van der Waals surface area contributed by atoms with E-state index in [1.807, 2.05) is 0 Å². The number of phenols is 1. The van der Waals surface area contributed by atoms with E-state index in [-0.39, 0.29) is 16.3 Å². The van der Waals surface area contributed by atoms with Gasteiger partial charge < -0.3 is 19.9 Å². The van der Waals surface area contributed by atoms with Crippen molar-refractivity contribution in [1.82, 2.24) is 0 Å². The molecule has 0 aliphatic rings. The third-order valence-corrected chi connectivity index (χ3v) is 3.18. The first-order valence-electron chi connectivity index (χ1n) is 6.07. The molecule has 0 saturated heterocycles. The Morgan fingerprint density at radius 3 is 2.57 bits per heavy atom. The topological polar surface area (TPSA) is 67.8 Å². The highest BCUT2D eigenvalue weighted by Gasteiger charge is 2.14. The molecule has 0 bridgehead atoms. The van der Waals surface area contributed by atoms with E-state index in [1.165, 1.54) is 32.4 Å². The van der Waals surface area contributed by atoms with Gasteiger partial charge in [0.1, 0.15) is 17.2 Å². The third-order valence-electron chi connectivity index (χ3n) is 2.85. The molecule has 0 aliphatic heterocycles. The van der Waals surface area contributed by atoms with Gasteiger partial charge in [0.25, 0.3) is 5.91 Å². The summed E-state index contributed by atoms with van der Waals surface area (Å²) in [6.45, 7) is 0. The molecule has 2 aromatic rings. The van der Waals surface area contributed by atoms with Crippen molar-refractivity contribution >= 4 is 23.2 Å². The molecule has 0 saturated carbocycles. The lowest BCUT2D eigenvalue weighted by molar-refractivity contribution is 0.102. The number of amides is 1. The summed E-state index contributed by atoms with van der Waals surface area (Å²) in [5.41, 5.74) is 0.614. The second-order valence-corrected chi connectivity index (χ2v) is 4.59. The van der Waals surface area contributed by atoms with Crippen LogP contribution in [0.25, 0.3) is 0 Å². The van der Waals surface area contributed by atoms with Crippen LogP contribution in [0.1, 0.15) is 10.4 Å². The summed E-state index contributed by atoms with van der Waals surface area (Å²) < 4.78 is 10.3. The highest BCUT2D eigenvalue weighted by molar-refractivity contribution is 6.34. The van der Waals surface area contributed by atoms with Crippen molar-refractivity contribution in [3.63, 3.8) is 0 Å². The predicted molar refractivity (Wildman–Crippen MR) is 80.6 cm³/mol. The maximum Gasteiger partial charge on any atom is 0.257 e. The Hall–Kier alpha value is -2.40. The van der Waals surface area contributed by atoms with Crippen LogP contribution in [0.15, 0.2) is 36.4 Å². The smallest absolute Gasteiger partial charge is 0.257 e. The Bertz CT molecular complexity index is 673. The fraction of sp³-hybridized carbons (Fsp3) is 0.133.